The van der Waals surface area contributed by atoms with Gasteiger partial charge in [0, 0.05) is 16.3 Å². The first-order valence-corrected chi connectivity index (χ1v) is 6.15. The van der Waals surface area contributed by atoms with Crippen LogP contribution in [0.4, 0.5) is 15.8 Å². The Balaban J connectivity index is 2.25. The maximum absolute atomic E-state index is 13.7. The van der Waals surface area contributed by atoms with E-state index in [-0.39, 0.29) is 21.8 Å². The highest BCUT2D eigenvalue weighted by molar-refractivity contribution is 6.31. The predicted molar refractivity (Wildman–Crippen MR) is 77.2 cm³/mol. The van der Waals surface area contributed by atoms with E-state index in [0.717, 1.165) is 6.07 Å². The zero-order valence-electron chi connectivity index (χ0n) is 10.6. The Labute approximate surface area is 124 Å². The lowest BCUT2D eigenvalue weighted by Crippen LogP contribution is -2.13. The van der Waals surface area contributed by atoms with Gasteiger partial charge in [0.05, 0.1) is 11.3 Å². The van der Waals surface area contributed by atoms with Gasteiger partial charge in [-0.3, -0.25) is 4.79 Å². The van der Waals surface area contributed by atoms with Crippen molar-refractivity contribution in [3.8, 4) is 0 Å². The minimum Gasteiger partial charge on any atom is -0.478 e. The van der Waals surface area contributed by atoms with Crippen molar-refractivity contribution in [2.45, 2.75) is 0 Å². The highest BCUT2D eigenvalue weighted by Crippen LogP contribution is 2.20. The van der Waals surface area contributed by atoms with Crippen LogP contribution in [0.25, 0.3) is 0 Å². The van der Waals surface area contributed by atoms with Crippen molar-refractivity contribution in [3.63, 3.8) is 0 Å². The van der Waals surface area contributed by atoms with Crippen LogP contribution in [0.2, 0.25) is 5.02 Å². The molecule has 0 aromatic heterocycles. The van der Waals surface area contributed by atoms with Crippen molar-refractivity contribution in [2.75, 3.05) is 11.1 Å². The van der Waals surface area contributed by atoms with E-state index in [1.807, 2.05) is 0 Å². The summed E-state index contributed by atoms with van der Waals surface area (Å²) in [5.41, 5.74) is 5.69. The number of rotatable bonds is 3. The van der Waals surface area contributed by atoms with Crippen LogP contribution < -0.4 is 11.1 Å². The standard InChI is InChI=1S/C14H10ClFN2O3/c15-9-3-8(4-10(17)6-9)13(19)18-12-2-1-7(14(20)21)5-11(12)16/h1-6H,17H2,(H,18,19)(H,20,21). The number of carbonyl (C=O) groups is 2. The summed E-state index contributed by atoms with van der Waals surface area (Å²) in [6.07, 6.45) is 0. The SMILES string of the molecule is Nc1cc(Cl)cc(C(=O)Nc2ccc(C(=O)O)cc2F)c1. The number of carboxylic acid groups (broad SMARTS) is 1. The lowest BCUT2D eigenvalue weighted by atomic mass is 10.1. The number of amides is 1. The molecule has 2 aromatic rings. The fourth-order valence-electron chi connectivity index (χ4n) is 1.69. The molecule has 0 fully saturated rings. The molecule has 0 atom stereocenters. The fraction of sp³-hybridized carbons (Fsp3) is 0. The van der Waals surface area contributed by atoms with Gasteiger partial charge in [-0.15, -0.1) is 0 Å². The van der Waals surface area contributed by atoms with Crippen molar-refractivity contribution in [1.29, 1.82) is 0 Å². The number of aromatic carboxylic acids is 1. The predicted octanol–water partition coefficient (Wildman–Crippen LogP) is 3.01. The molecule has 7 heteroatoms. The van der Waals surface area contributed by atoms with E-state index in [2.05, 4.69) is 5.32 Å². The third-order valence-electron chi connectivity index (χ3n) is 2.65. The summed E-state index contributed by atoms with van der Waals surface area (Å²) in [5.74, 6) is -2.71. The molecule has 0 radical (unpaired) electrons. The summed E-state index contributed by atoms with van der Waals surface area (Å²) in [6, 6.07) is 7.43. The number of nitrogens with one attached hydrogen (secondary N) is 1. The zero-order valence-corrected chi connectivity index (χ0v) is 11.3. The lowest BCUT2D eigenvalue weighted by molar-refractivity contribution is 0.0696. The van der Waals surface area contributed by atoms with Gasteiger partial charge in [-0.1, -0.05) is 11.6 Å². The first-order valence-electron chi connectivity index (χ1n) is 5.77. The molecule has 2 rings (SSSR count). The minimum atomic E-state index is -1.26. The van der Waals surface area contributed by atoms with Crippen LogP contribution >= 0.6 is 11.6 Å². The third-order valence-corrected chi connectivity index (χ3v) is 2.86. The maximum Gasteiger partial charge on any atom is 0.335 e. The molecule has 2 aromatic carbocycles. The van der Waals surface area contributed by atoms with E-state index in [9.17, 15) is 14.0 Å². The summed E-state index contributed by atoms with van der Waals surface area (Å²) >= 11 is 5.78. The Morgan fingerprint density at radius 3 is 2.43 bits per heavy atom. The molecule has 0 spiro atoms. The molecule has 0 heterocycles. The molecule has 0 saturated carbocycles. The first-order chi connectivity index (χ1) is 9.86. The van der Waals surface area contributed by atoms with E-state index < -0.39 is 17.7 Å². The summed E-state index contributed by atoms with van der Waals surface area (Å²) in [6.45, 7) is 0. The monoisotopic (exact) mass is 308 g/mol. The van der Waals surface area contributed by atoms with Gasteiger partial charge in [-0.2, -0.15) is 0 Å². The van der Waals surface area contributed by atoms with Gasteiger partial charge in [0.25, 0.3) is 5.91 Å². The topological polar surface area (TPSA) is 92.4 Å². The Morgan fingerprint density at radius 1 is 1.14 bits per heavy atom. The molecule has 0 bridgehead atoms. The molecule has 1 amide bonds. The summed E-state index contributed by atoms with van der Waals surface area (Å²) in [7, 11) is 0. The number of benzene rings is 2. The van der Waals surface area contributed by atoms with Crippen LogP contribution in [0.5, 0.6) is 0 Å². The average molecular weight is 309 g/mol. The van der Waals surface area contributed by atoms with Crippen LogP contribution in [-0.2, 0) is 0 Å². The van der Waals surface area contributed by atoms with Gasteiger partial charge in [-0.05, 0) is 36.4 Å². The Kier molecular flexibility index (Phi) is 4.09. The van der Waals surface area contributed by atoms with Crippen molar-refractivity contribution in [3.05, 3.63) is 58.4 Å². The quantitative estimate of drug-likeness (QED) is 0.760. The summed E-state index contributed by atoms with van der Waals surface area (Å²) in [5, 5.41) is 11.3. The second-order valence-electron chi connectivity index (χ2n) is 4.23. The third kappa shape index (κ3) is 3.49. The molecule has 0 aliphatic carbocycles. The lowest BCUT2D eigenvalue weighted by Gasteiger charge is -2.08. The molecule has 0 saturated heterocycles. The molecule has 0 unspecified atom stereocenters. The Bertz CT molecular complexity index is 714. The van der Waals surface area contributed by atoms with Crippen LogP contribution in [0.15, 0.2) is 36.4 Å². The molecule has 0 aliphatic rings. The first kappa shape index (κ1) is 14.8. The zero-order chi connectivity index (χ0) is 15.6. The number of hydrogen-bond donors (Lipinski definition) is 3. The van der Waals surface area contributed by atoms with Gasteiger partial charge in [0.1, 0.15) is 5.82 Å². The van der Waals surface area contributed by atoms with Crippen molar-refractivity contribution >= 4 is 34.9 Å². The normalized spacial score (nSPS) is 10.2. The molecular formula is C14H10ClFN2O3. The van der Waals surface area contributed by atoms with Crippen LogP contribution in [-0.4, -0.2) is 17.0 Å². The number of nitrogen functional groups attached to an aromatic ring is 1. The van der Waals surface area contributed by atoms with E-state index in [1.165, 1.54) is 30.3 Å². The maximum atomic E-state index is 13.7. The van der Waals surface area contributed by atoms with Gasteiger partial charge >= 0.3 is 5.97 Å². The second kappa shape index (κ2) is 5.80. The number of nitrogens with two attached hydrogens (primary N) is 1. The van der Waals surface area contributed by atoms with Gasteiger partial charge in [0.15, 0.2) is 0 Å². The minimum absolute atomic E-state index is 0.136. The summed E-state index contributed by atoms with van der Waals surface area (Å²) < 4.78 is 13.7. The van der Waals surface area contributed by atoms with Crippen LogP contribution in [0.3, 0.4) is 0 Å². The van der Waals surface area contributed by atoms with Gasteiger partial charge in [0.2, 0.25) is 0 Å². The molecule has 4 N–H and O–H groups in total. The number of halogens is 2. The van der Waals surface area contributed by atoms with Crippen LogP contribution in [0.1, 0.15) is 20.7 Å². The van der Waals surface area contributed by atoms with Crippen molar-refractivity contribution < 1.29 is 19.1 Å². The second-order valence-corrected chi connectivity index (χ2v) is 4.66. The largest absolute Gasteiger partial charge is 0.478 e. The Morgan fingerprint density at radius 2 is 1.86 bits per heavy atom. The molecular weight excluding hydrogens is 299 g/mol. The van der Waals surface area contributed by atoms with Gasteiger partial charge < -0.3 is 16.2 Å². The highest BCUT2D eigenvalue weighted by atomic mass is 35.5. The van der Waals surface area contributed by atoms with E-state index in [4.69, 9.17) is 22.4 Å². The molecule has 108 valence electrons. The molecule has 21 heavy (non-hydrogen) atoms. The number of carboxylic acids is 1. The van der Waals surface area contributed by atoms with E-state index in [0.29, 0.717) is 5.69 Å². The Hall–Kier alpha value is -2.60. The molecule has 0 aliphatic heterocycles. The number of carbonyl (C=O) groups excluding carboxylic acids is 1. The summed E-state index contributed by atoms with van der Waals surface area (Å²) in [4.78, 5) is 22.7. The van der Waals surface area contributed by atoms with E-state index >= 15 is 0 Å². The van der Waals surface area contributed by atoms with E-state index in [1.54, 1.807) is 0 Å². The average Bonchev–Trinajstić information content (AvgIpc) is 2.39. The highest BCUT2D eigenvalue weighted by Gasteiger charge is 2.13. The number of anilines is 2. The fourth-order valence-corrected chi connectivity index (χ4v) is 1.93. The smallest absolute Gasteiger partial charge is 0.335 e. The van der Waals surface area contributed by atoms with Gasteiger partial charge in [-0.25, -0.2) is 9.18 Å². The molecule has 5 nitrogen and oxygen atoms in total. The number of hydrogen-bond acceptors (Lipinski definition) is 3. The van der Waals surface area contributed by atoms with Crippen molar-refractivity contribution in [2.24, 2.45) is 0 Å². The van der Waals surface area contributed by atoms with Crippen molar-refractivity contribution in [1.82, 2.24) is 0 Å². The van der Waals surface area contributed by atoms with Crippen LogP contribution in [0, 0.1) is 5.82 Å².